The second-order valence-corrected chi connectivity index (χ2v) is 2.54. The number of hydrogen-bond acceptors (Lipinski definition) is 4. The number of aromatic nitrogens is 3. The zero-order chi connectivity index (χ0) is 10.7. The molecule has 6 heteroatoms. The highest BCUT2D eigenvalue weighted by Gasteiger charge is 2.26. The summed E-state index contributed by atoms with van der Waals surface area (Å²) in [7, 11) is 1.61. The first-order valence-electron chi connectivity index (χ1n) is 4.41. The second kappa shape index (κ2) is 3.99. The Bertz CT molecular complexity index is 369. The Kier molecular flexibility index (Phi) is 2.95. The maximum Gasteiger partial charge on any atom is 0.280 e. The molecule has 1 aliphatic heterocycles. The third-order valence-corrected chi connectivity index (χ3v) is 1.58. The van der Waals surface area contributed by atoms with Crippen molar-refractivity contribution in [2.45, 2.75) is 20.3 Å². The van der Waals surface area contributed by atoms with E-state index in [1.165, 1.54) is 4.80 Å². The lowest BCUT2D eigenvalue weighted by molar-refractivity contribution is -0.119. The molecule has 2 heterocycles. The fourth-order valence-corrected chi connectivity index (χ4v) is 1.12. The zero-order valence-electron chi connectivity index (χ0n) is 8.37. The van der Waals surface area contributed by atoms with Crippen molar-refractivity contribution in [2.24, 2.45) is 7.05 Å². The van der Waals surface area contributed by atoms with Gasteiger partial charge in [0.15, 0.2) is 5.69 Å². The summed E-state index contributed by atoms with van der Waals surface area (Å²) < 4.78 is 0. The van der Waals surface area contributed by atoms with Crippen molar-refractivity contribution in [3.8, 4) is 0 Å². The van der Waals surface area contributed by atoms with E-state index in [0.717, 1.165) is 0 Å². The number of amides is 2. The summed E-state index contributed by atoms with van der Waals surface area (Å²) >= 11 is 0. The van der Waals surface area contributed by atoms with Gasteiger partial charge in [-0.2, -0.15) is 9.90 Å². The molecule has 0 aliphatic carbocycles. The van der Waals surface area contributed by atoms with E-state index >= 15 is 0 Å². The first kappa shape index (κ1) is 10.4. The Hall–Kier alpha value is -1.72. The molecule has 0 saturated carbocycles. The van der Waals surface area contributed by atoms with Crippen molar-refractivity contribution in [2.75, 3.05) is 0 Å². The number of hydrogen-bond donors (Lipinski definition) is 1. The van der Waals surface area contributed by atoms with Gasteiger partial charge >= 0.3 is 0 Å². The first-order chi connectivity index (χ1) is 6.66. The fraction of sp³-hybridized carbons (Fsp3) is 0.500. The van der Waals surface area contributed by atoms with Gasteiger partial charge in [0, 0.05) is 7.05 Å². The molecule has 0 saturated heterocycles. The normalized spacial score (nSPS) is 13.9. The molecule has 6 nitrogen and oxygen atoms in total. The molecular formula is C8H12N4O2. The molecule has 0 spiro atoms. The lowest BCUT2D eigenvalue weighted by atomic mass is 10.2. The topological polar surface area (TPSA) is 76.9 Å². The number of aryl methyl sites for hydroxylation is 1. The summed E-state index contributed by atoms with van der Waals surface area (Å²) in [6, 6.07) is 0. The van der Waals surface area contributed by atoms with Crippen LogP contribution in [0.15, 0.2) is 0 Å². The summed E-state index contributed by atoms with van der Waals surface area (Å²) in [5, 5.41) is 9.84. The van der Waals surface area contributed by atoms with Crippen LogP contribution in [0, 0.1) is 0 Å². The van der Waals surface area contributed by atoms with Gasteiger partial charge in [0.2, 0.25) is 5.91 Å². The molecule has 0 aromatic carbocycles. The molecule has 2 amide bonds. The molecule has 76 valence electrons. The summed E-state index contributed by atoms with van der Waals surface area (Å²) in [5.41, 5.74) is 0.698. The Balaban J connectivity index is 0.000000461. The highest BCUT2D eigenvalue weighted by atomic mass is 16.2. The van der Waals surface area contributed by atoms with E-state index in [0.29, 0.717) is 5.69 Å². The molecule has 1 aliphatic rings. The third-order valence-electron chi connectivity index (χ3n) is 1.58. The molecule has 1 aromatic rings. The molecule has 1 N–H and O–H groups in total. The van der Waals surface area contributed by atoms with Crippen molar-refractivity contribution in [1.82, 2.24) is 20.3 Å². The maximum absolute atomic E-state index is 11.1. The minimum atomic E-state index is -0.464. The van der Waals surface area contributed by atoms with Crippen molar-refractivity contribution in [1.29, 1.82) is 0 Å². The quantitative estimate of drug-likeness (QED) is 0.575. The Morgan fingerprint density at radius 2 is 1.93 bits per heavy atom. The molecule has 1 aromatic heterocycles. The number of nitrogens with one attached hydrogen (secondary N) is 1. The molecule has 2 rings (SSSR count). The Morgan fingerprint density at radius 1 is 1.29 bits per heavy atom. The maximum atomic E-state index is 11.1. The zero-order valence-corrected chi connectivity index (χ0v) is 8.37. The largest absolute Gasteiger partial charge is 0.291 e. The summed E-state index contributed by atoms with van der Waals surface area (Å²) in [6.07, 6.45) is 0.134. The Morgan fingerprint density at radius 3 is 2.57 bits per heavy atom. The van der Waals surface area contributed by atoms with Gasteiger partial charge in [0.1, 0.15) is 5.69 Å². The minimum absolute atomic E-state index is 0.134. The van der Waals surface area contributed by atoms with Crippen LogP contribution in [0.1, 0.15) is 30.0 Å². The van der Waals surface area contributed by atoms with Gasteiger partial charge in [-0.05, 0) is 0 Å². The second-order valence-electron chi connectivity index (χ2n) is 2.54. The van der Waals surface area contributed by atoms with E-state index in [-0.39, 0.29) is 18.0 Å². The van der Waals surface area contributed by atoms with Crippen LogP contribution in [0.25, 0.3) is 0 Å². The predicted octanol–water partition coefficient (Wildman–Crippen LogP) is -0.346. The summed E-state index contributed by atoms with van der Waals surface area (Å²) in [4.78, 5) is 23.2. The van der Waals surface area contributed by atoms with Crippen LogP contribution in [-0.4, -0.2) is 26.8 Å². The molecule has 0 atom stereocenters. The van der Waals surface area contributed by atoms with Crippen LogP contribution in [0.5, 0.6) is 0 Å². The molecule has 0 fully saturated rings. The monoisotopic (exact) mass is 196 g/mol. The SMILES string of the molecule is CC.Cn1nc2c(n1)C(=O)NC(=O)C2. The number of carbonyl (C=O) groups is 2. The first-order valence-corrected chi connectivity index (χ1v) is 4.41. The lowest BCUT2D eigenvalue weighted by Gasteiger charge is -2.06. The Labute approximate surface area is 81.3 Å². The molecule has 14 heavy (non-hydrogen) atoms. The van der Waals surface area contributed by atoms with Crippen LogP contribution < -0.4 is 5.32 Å². The minimum Gasteiger partial charge on any atom is -0.291 e. The molecule has 0 bridgehead atoms. The number of fused-ring (bicyclic) bond motifs is 1. The van der Waals surface area contributed by atoms with Crippen LogP contribution in [0.3, 0.4) is 0 Å². The highest BCUT2D eigenvalue weighted by Crippen LogP contribution is 2.07. The molecular weight excluding hydrogens is 184 g/mol. The van der Waals surface area contributed by atoms with Crippen LogP contribution in [0.2, 0.25) is 0 Å². The van der Waals surface area contributed by atoms with E-state index < -0.39 is 5.91 Å². The average molecular weight is 196 g/mol. The number of rotatable bonds is 0. The van der Waals surface area contributed by atoms with Gasteiger partial charge in [0.25, 0.3) is 5.91 Å². The smallest absolute Gasteiger partial charge is 0.280 e. The van der Waals surface area contributed by atoms with E-state index in [9.17, 15) is 9.59 Å². The van der Waals surface area contributed by atoms with Crippen molar-refractivity contribution in [3.05, 3.63) is 11.4 Å². The highest BCUT2D eigenvalue weighted by molar-refractivity contribution is 6.08. The van der Waals surface area contributed by atoms with Crippen LogP contribution >= 0.6 is 0 Å². The van der Waals surface area contributed by atoms with Crippen molar-refractivity contribution >= 4 is 11.8 Å². The molecule has 0 unspecified atom stereocenters. The van der Waals surface area contributed by atoms with E-state index in [1.807, 2.05) is 13.8 Å². The van der Waals surface area contributed by atoms with Gasteiger partial charge in [-0.15, -0.1) is 5.10 Å². The summed E-state index contributed by atoms with van der Waals surface area (Å²) in [6.45, 7) is 4.00. The van der Waals surface area contributed by atoms with Crippen LogP contribution in [0.4, 0.5) is 0 Å². The van der Waals surface area contributed by atoms with Gasteiger partial charge < -0.3 is 0 Å². The van der Waals surface area contributed by atoms with Crippen LogP contribution in [-0.2, 0) is 18.3 Å². The van der Waals surface area contributed by atoms with Crippen molar-refractivity contribution in [3.63, 3.8) is 0 Å². The van der Waals surface area contributed by atoms with Gasteiger partial charge in [-0.3, -0.25) is 14.9 Å². The van der Waals surface area contributed by atoms with Gasteiger partial charge in [0.05, 0.1) is 6.42 Å². The van der Waals surface area contributed by atoms with Gasteiger partial charge in [-0.1, -0.05) is 13.8 Å². The van der Waals surface area contributed by atoms with E-state index in [4.69, 9.17) is 0 Å². The summed E-state index contributed by atoms with van der Waals surface area (Å²) in [5.74, 6) is -0.789. The van der Waals surface area contributed by atoms with Gasteiger partial charge in [-0.25, -0.2) is 0 Å². The number of carbonyl (C=O) groups excluding carboxylic acids is 2. The fourth-order valence-electron chi connectivity index (χ4n) is 1.12. The average Bonchev–Trinajstić information content (AvgIpc) is 2.49. The van der Waals surface area contributed by atoms with E-state index in [1.54, 1.807) is 7.05 Å². The van der Waals surface area contributed by atoms with Crippen molar-refractivity contribution < 1.29 is 9.59 Å². The van der Waals surface area contributed by atoms with E-state index in [2.05, 4.69) is 15.5 Å². The third kappa shape index (κ3) is 1.78. The number of imide groups is 1. The number of nitrogens with zero attached hydrogens (tertiary/aromatic N) is 3. The molecule has 0 radical (unpaired) electrons. The standard InChI is InChI=1S/C6H6N4O2.C2H6/c1-10-8-3-2-4(11)7-6(12)5(3)9-10;1-2/h2H2,1H3,(H,7,11,12);1-2H3. The predicted molar refractivity (Wildman–Crippen MR) is 48.5 cm³/mol. The lowest BCUT2D eigenvalue weighted by Crippen LogP contribution is -2.37.